The van der Waals surface area contributed by atoms with Gasteiger partial charge in [-0.1, -0.05) is 0 Å². The Kier molecular flexibility index (Phi) is 7.44. The van der Waals surface area contributed by atoms with Crippen LogP contribution < -0.4 is 5.73 Å². The molecule has 10 heteroatoms. The summed E-state index contributed by atoms with van der Waals surface area (Å²) < 4.78 is 4.70. The minimum absolute atomic E-state index is 0.470. The second-order valence-electron chi connectivity index (χ2n) is 3.77. The van der Waals surface area contributed by atoms with Gasteiger partial charge in [0.15, 0.2) is 6.29 Å². The van der Waals surface area contributed by atoms with Gasteiger partial charge in [-0.25, -0.2) is 0 Å². The molecule has 1 heterocycles. The number of aliphatic hydroxyl groups is 4. The van der Waals surface area contributed by atoms with E-state index in [-0.39, 0.29) is 0 Å². The van der Waals surface area contributed by atoms with E-state index in [9.17, 15) is 19.8 Å². The Morgan fingerprint density at radius 2 is 1.53 bits per heavy atom. The highest BCUT2D eigenvalue weighted by Gasteiger charge is 2.41. The van der Waals surface area contributed by atoms with Crippen molar-refractivity contribution in [3.8, 4) is 0 Å². The molecule has 1 unspecified atom stereocenters. The highest BCUT2D eigenvalue weighted by molar-refractivity contribution is 5.88. The van der Waals surface area contributed by atoms with E-state index in [4.69, 9.17) is 30.9 Å². The Labute approximate surface area is 107 Å². The average Bonchev–Trinajstić information content (AvgIpc) is 2.30. The molecule has 5 atom stereocenters. The standard InChI is InChI=1S/C6H13NO5.C3H4O4/c7-3-5(10)4(9)2(1-8)12-6(3)11;4-2(5)1-3(6)7/h2-6,8-11H,1,7H2;1H2,(H,4,5)(H,6,7)/t2-,3-,4-,5-,6?;/m1./s1. The molecule has 19 heavy (non-hydrogen) atoms. The van der Waals surface area contributed by atoms with Crippen molar-refractivity contribution in [3.05, 3.63) is 0 Å². The second kappa shape index (κ2) is 7.99. The molecule has 1 rings (SSSR count). The van der Waals surface area contributed by atoms with Crippen molar-refractivity contribution in [2.24, 2.45) is 5.73 Å². The average molecular weight is 283 g/mol. The Hall–Kier alpha value is -1.30. The molecule has 0 saturated carbocycles. The van der Waals surface area contributed by atoms with Crippen molar-refractivity contribution < 1.29 is 45.0 Å². The molecular formula is C9H17NO9. The Bertz CT molecular complexity index is 293. The summed E-state index contributed by atoms with van der Waals surface area (Å²) in [6.07, 6.45) is -5.66. The second-order valence-corrected chi connectivity index (χ2v) is 3.77. The first-order chi connectivity index (χ1) is 8.70. The third-order valence-corrected chi connectivity index (χ3v) is 2.25. The third kappa shape index (κ3) is 5.92. The lowest BCUT2D eigenvalue weighted by Crippen LogP contribution is -2.61. The molecule has 0 aromatic carbocycles. The molecule has 0 radical (unpaired) electrons. The zero-order valence-electron chi connectivity index (χ0n) is 9.79. The first-order valence-electron chi connectivity index (χ1n) is 5.20. The van der Waals surface area contributed by atoms with Crippen molar-refractivity contribution in [1.29, 1.82) is 0 Å². The quantitative estimate of drug-likeness (QED) is 0.253. The number of carboxylic acid groups (broad SMARTS) is 2. The maximum atomic E-state index is 9.43. The van der Waals surface area contributed by atoms with Crippen molar-refractivity contribution in [2.45, 2.75) is 37.1 Å². The molecular weight excluding hydrogens is 266 g/mol. The fourth-order valence-corrected chi connectivity index (χ4v) is 1.25. The van der Waals surface area contributed by atoms with Crippen LogP contribution in [0.1, 0.15) is 6.42 Å². The highest BCUT2D eigenvalue weighted by atomic mass is 16.6. The van der Waals surface area contributed by atoms with Crippen LogP contribution in [0.2, 0.25) is 0 Å². The number of aliphatic carboxylic acids is 2. The Morgan fingerprint density at radius 1 is 1.05 bits per heavy atom. The van der Waals surface area contributed by atoms with E-state index in [0.717, 1.165) is 0 Å². The number of carboxylic acids is 2. The van der Waals surface area contributed by atoms with Gasteiger partial charge in [-0.15, -0.1) is 0 Å². The van der Waals surface area contributed by atoms with Crippen LogP contribution in [0.3, 0.4) is 0 Å². The van der Waals surface area contributed by atoms with Crippen LogP contribution in [0, 0.1) is 0 Å². The van der Waals surface area contributed by atoms with Gasteiger partial charge in [0, 0.05) is 0 Å². The highest BCUT2D eigenvalue weighted by Crippen LogP contribution is 2.17. The van der Waals surface area contributed by atoms with Crippen LogP contribution in [0.4, 0.5) is 0 Å². The molecule has 0 spiro atoms. The smallest absolute Gasteiger partial charge is 0.314 e. The van der Waals surface area contributed by atoms with E-state index in [1.165, 1.54) is 0 Å². The van der Waals surface area contributed by atoms with E-state index >= 15 is 0 Å². The molecule has 8 N–H and O–H groups in total. The lowest BCUT2D eigenvalue weighted by molar-refractivity contribution is -0.248. The van der Waals surface area contributed by atoms with Gasteiger partial charge in [-0.05, 0) is 0 Å². The van der Waals surface area contributed by atoms with Gasteiger partial charge in [0.25, 0.3) is 0 Å². The monoisotopic (exact) mass is 283 g/mol. The molecule has 0 aromatic heterocycles. The summed E-state index contributed by atoms with van der Waals surface area (Å²) in [6, 6.07) is -1.04. The van der Waals surface area contributed by atoms with Crippen LogP contribution in [0.15, 0.2) is 0 Å². The van der Waals surface area contributed by atoms with Gasteiger partial charge >= 0.3 is 11.9 Å². The van der Waals surface area contributed by atoms with Gasteiger partial charge in [0.05, 0.1) is 12.6 Å². The van der Waals surface area contributed by atoms with E-state index in [2.05, 4.69) is 0 Å². The van der Waals surface area contributed by atoms with Gasteiger partial charge in [0.2, 0.25) is 0 Å². The maximum absolute atomic E-state index is 9.43. The zero-order chi connectivity index (χ0) is 15.2. The fourth-order valence-electron chi connectivity index (χ4n) is 1.25. The summed E-state index contributed by atoms with van der Waals surface area (Å²) >= 11 is 0. The van der Waals surface area contributed by atoms with Crippen molar-refractivity contribution in [1.82, 2.24) is 0 Å². The van der Waals surface area contributed by atoms with E-state index in [0.29, 0.717) is 0 Å². The maximum Gasteiger partial charge on any atom is 0.314 e. The van der Waals surface area contributed by atoms with Crippen LogP contribution in [-0.2, 0) is 14.3 Å². The number of hydrogen-bond acceptors (Lipinski definition) is 8. The van der Waals surface area contributed by atoms with Crippen molar-refractivity contribution in [3.63, 3.8) is 0 Å². The first-order valence-corrected chi connectivity index (χ1v) is 5.20. The largest absolute Gasteiger partial charge is 0.481 e. The molecule has 10 nitrogen and oxygen atoms in total. The SMILES string of the molecule is N[C@H]1C(O)O[C@H](CO)[C@@H](O)[C@@H]1O.O=C(O)CC(=O)O. The van der Waals surface area contributed by atoms with E-state index in [1.807, 2.05) is 0 Å². The fraction of sp³-hybridized carbons (Fsp3) is 0.778. The molecule has 0 aliphatic carbocycles. The van der Waals surface area contributed by atoms with Crippen LogP contribution in [0.25, 0.3) is 0 Å². The topological polar surface area (TPSA) is 191 Å². The Morgan fingerprint density at radius 3 is 1.84 bits per heavy atom. The van der Waals surface area contributed by atoms with E-state index in [1.54, 1.807) is 0 Å². The normalized spacial score (nSPS) is 34.1. The van der Waals surface area contributed by atoms with Gasteiger partial charge in [0.1, 0.15) is 24.7 Å². The summed E-state index contributed by atoms with van der Waals surface area (Å²) in [4.78, 5) is 18.9. The van der Waals surface area contributed by atoms with Gasteiger partial charge in [-0.3, -0.25) is 9.59 Å². The van der Waals surface area contributed by atoms with Crippen LogP contribution in [-0.4, -0.2) is 79.8 Å². The summed E-state index contributed by atoms with van der Waals surface area (Å²) in [5.41, 5.74) is 5.26. The molecule has 1 saturated heterocycles. The molecule has 112 valence electrons. The lowest BCUT2D eigenvalue weighted by atomic mass is 9.98. The van der Waals surface area contributed by atoms with Crippen LogP contribution >= 0.6 is 0 Å². The number of ether oxygens (including phenoxy) is 1. The molecule has 0 amide bonds. The van der Waals surface area contributed by atoms with Crippen molar-refractivity contribution in [2.75, 3.05) is 6.61 Å². The summed E-state index contributed by atoms with van der Waals surface area (Å²) in [5.74, 6) is -2.62. The molecule has 0 bridgehead atoms. The summed E-state index contributed by atoms with van der Waals surface area (Å²) in [5, 5.41) is 51.5. The lowest BCUT2D eigenvalue weighted by Gasteiger charge is -2.38. The predicted molar refractivity (Wildman–Crippen MR) is 57.8 cm³/mol. The molecule has 1 aliphatic heterocycles. The Balaban J connectivity index is 0.000000399. The minimum Gasteiger partial charge on any atom is -0.481 e. The minimum atomic E-state index is -1.35. The summed E-state index contributed by atoms with van der Waals surface area (Å²) in [7, 11) is 0. The molecule has 1 fully saturated rings. The number of aliphatic hydroxyl groups excluding tert-OH is 4. The number of rotatable bonds is 3. The number of nitrogens with two attached hydrogens (primary N) is 1. The summed E-state index contributed by atoms with van der Waals surface area (Å²) in [6.45, 7) is -0.470. The molecule has 0 aromatic rings. The zero-order valence-corrected chi connectivity index (χ0v) is 9.79. The van der Waals surface area contributed by atoms with E-state index < -0.39 is 55.6 Å². The van der Waals surface area contributed by atoms with Gasteiger partial charge in [-0.2, -0.15) is 0 Å². The third-order valence-electron chi connectivity index (χ3n) is 2.25. The molecule has 1 aliphatic rings. The first kappa shape index (κ1) is 17.7. The van der Waals surface area contributed by atoms with Gasteiger partial charge < -0.3 is 41.1 Å². The van der Waals surface area contributed by atoms with Crippen molar-refractivity contribution >= 4 is 11.9 Å². The predicted octanol–water partition coefficient (Wildman–Crippen LogP) is -3.71. The van der Waals surface area contributed by atoms with Crippen LogP contribution in [0.5, 0.6) is 0 Å². The number of hydrogen-bond donors (Lipinski definition) is 7. The number of carbonyl (C=O) groups is 2.